The molecule has 1 N–H and O–H groups in total. The summed E-state index contributed by atoms with van der Waals surface area (Å²) in [6.45, 7) is 1.97. The molecular weight excluding hydrogens is 314 g/mol. The Labute approximate surface area is 145 Å². The van der Waals surface area contributed by atoms with E-state index in [0.29, 0.717) is 5.56 Å². The Morgan fingerprint density at radius 2 is 2.16 bits per heavy atom. The number of aryl methyl sites for hydroxylation is 2. The van der Waals surface area contributed by atoms with Gasteiger partial charge in [0.15, 0.2) is 0 Å². The molecule has 5 nitrogen and oxygen atoms in total. The first kappa shape index (κ1) is 15.6. The van der Waals surface area contributed by atoms with Crippen molar-refractivity contribution in [2.24, 2.45) is 7.05 Å². The molecule has 0 atom stereocenters. The Kier molecular flexibility index (Phi) is 3.64. The fourth-order valence-electron chi connectivity index (χ4n) is 3.60. The average Bonchev–Trinajstić information content (AvgIpc) is 2.98. The lowest BCUT2D eigenvalue weighted by Crippen LogP contribution is -2.13. The van der Waals surface area contributed by atoms with Crippen LogP contribution in [0, 0.1) is 6.92 Å². The first-order valence-electron chi connectivity index (χ1n) is 8.39. The van der Waals surface area contributed by atoms with E-state index in [0.717, 1.165) is 58.1 Å². The van der Waals surface area contributed by atoms with Gasteiger partial charge in [0.25, 0.3) is 0 Å². The second kappa shape index (κ2) is 5.84. The van der Waals surface area contributed by atoms with E-state index < -0.39 is 5.97 Å². The lowest BCUT2D eigenvalue weighted by atomic mass is 9.86. The highest BCUT2D eigenvalue weighted by Gasteiger charge is 2.25. The number of aromatic carboxylic acids is 1. The molecule has 3 aromatic rings. The third kappa shape index (κ3) is 2.71. The number of fused-ring (bicyclic) bond motifs is 2. The molecule has 0 saturated carbocycles. The molecule has 25 heavy (non-hydrogen) atoms. The third-order valence-electron chi connectivity index (χ3n) is 4.70. The van der Waals surface area contributed by atoms with Crippen molar-refractivity contribution in [3.8, 4) is 0 Å². The quantitative estimate of drug-likeness (QED) is 0.773. The number of hydrogen-bond donors (Lipinski definition) is 1. The summed E-state index contributed by atoms with van der Waals surface area (Å²) in [4.78, 5) is 16.8. The van der Waals surface area contributed by atoms with Crippen LogP contribution in [-0.4, -0.2) is 25.8 Å². The van der Waals surface area contributed by atoms with Crippen LogP contribution in [0.2, 0.25) is 0 Å². The van der Waals surface area contributed by atoms with Crippen molar-refractivity contribution in [2.45, 2.75) is 26.2 Å². The molecule has 2 aromatic heterocycles. The highest BCUT2D eigenvalue weighted by atomic mass is 16.4. The van der Waals surface area contributed by atoms with Gasteiger partial charge in [0.2, 0.25) is 0 Å². The van der Waals surface area contributed by atoms with Crippen molar-refractivity contribution in [2.75, 3.05) is 0 Å². The van der Waals surface area contributed by atoms with Crippen LogP contribution in [0.15, 0.2) is 30.6 Å². The van der Waals surface area contributed by atoms with E-state index in [1.54, 1.807) is 4.68 Å². The topological polar surface area (TPSA) is 68.0 Å². The fraction of sp³-hybridized carbons (Fsp3) is 0.250. The van der Waals surface area contributed by atoms with E-state index in [2.05, 4.69) is 11.2 Å². The van der Waals surface area contributed by atoms with E-state index >= 15 is 0 Å². The number of hydrogen-bond acceptors (Lipinski definition) is 3. The summed E-state index contributed by atoms with van der Waals surface area (Å²) in [5, 5.41) is 14.8. The second-order valence-electron chi connectivity index (χ2n) is 6.61. The van der Waals surface area contributed by atoms with Crippen molar-refractivity contribution in [1.29, 1.82) is 0 Å². The number of allylic oxidation sites excluding steroid dienone is 1. The smallest absolute Gasteiger partial charge is 0.336 e. The largest absolute Gasteiger partial charge is 0.478 e. The molecule has 0 unspecified atom stereocenters. The van der Waals surface area contributed by atoms with Gasteiger partial charge in [-0.2, -0.15) is 5.10 Å². The van der Waals surface area contributed by atoms with Crippen LogP contribution in [-0.2, 0) is 13.5 Å². The number of rotatable bonds is 2. The summed E-state index contributed by atoms with van der Waals surface area (Å²) >= 11 is 0. The van der Waals surface area contributed by atoms with E-state index in [1.807, 2.05) is 44.6 Å². The summed E-state index contributed by atoms with van der Waals surface area (Å²) in [6.07, 6.45) is 8.40. The molecule has 1 aliphatic rings. The molecule has 0 fully saturated rings. The SMILES string of the molecule is Cc1ccc2nc3c(c(C(=O)O)c2c1)CCCC3=Cc1cnn(C)c1. The zero-order chi connectivity index (χ0) is 17.6. The van der Waals surface area contributed by atoms with Gasteiger partial charge in [0.1, 0.15) is 0 Å². The maximum absolute atomic E-state index is 12.0. The number of carbonyl (C=O) groups is 1. The molecule has 0 aliphatic heterocycles. The Hall–Kier alpha value is -2.95. The third-order valence-corrected chi connectivity index (χ3v) is 4.70. The summed E-state index contributed by atoms with van der Waals surface area (Å²) in [5.74, 6) is -0.878. The van der Waals surface area contributed by atoms with Gasteiger partial charge in [-0.25, -0.2) is 9.78 Å². The number of carboxylic acids is 1. The summed E-state index contributed by atoms with van der Waals surface area (Å²) in [7, 11) is 1.88. The minimum atomic E-state index is -0.878. The standard InChI is InChI=1S/C20H19N3O2/c1-12-6-7-17-16(8-12)18(20(24)25)15-5-3-4-14(19(15)22-17)9-13-10-21-23(2)11-13/h6-11H,3-5H2,1-2H3,(H,24,25). The zero-order valence-corrected chi connectivity index (χ0v) is 14.3. The molecule has 0 spiro atoms. The fourth-order valence-corrected chi connectivity index (χ4v) is 3.60. The van der Waals surface area contributed by atoms with Gasteiger partial charge in [0, 0.05) is 24.2 Å². The molecule has 0 bridgehead atoms. The van der Waals surface area contributed by atoms with Crippen LogP contribution in [0.3, 0.4) is 0 Å². The predicted molar refractivity (Wildman–Crippen MR) is 97.5 cm³/mol. The molecule has 0 amide bonds. The molecule has 1 aliphatic carbocycles. The van der Waals surface area contributed by atoms with Gasteiger partial charge in [-0.15, -0.1) is 0 Å². The molecule has 1 aromatic carbocycles. The van der Waals surface area contributed by atoms with Gasteiger partial charge in [-0.3, -0.25) is 4.68 Å². The number of nitrogens with zero attached hydrogens (tertiary/aromatic N) is 3. The van der Waals surface area contributed by atoms with Crippen LogP contribution < -0.4 is 0 Å². The predicted octanol–water partition coefficient (Wildman–Crippen LogP) is 3.85. The van der Waals surface area contributed by atoms with Gasteiger partial charge >= 0.3 is 5.97 Å². The summed E-state index contributed by atoms with van der Waals surface area (Å²) in [6, 6.07) is 5.81. The molecule has 0 radical (unpaired) electrons. The van der Waals surface area contributed by atoms with E-state index in [9.17, 15) is 9.90 Å². The first-order valence-corrected chi connectivity index (χ1v) is 8.39. The molecular formula is C20H19N3O2. The molecule has 4 rings (SSSR count). The highest BCUT2D eigenvalue weighted by Crippen LogP contribution is 2.36. The second-order valence-corrected chi connectivity index (χ2v) is 6.61. The Balaban J connectivity index is 1.99. The maximum Gasteiger partial charge on any atom is 0.336 e. The first-order chi connectivity index (χ1) is 12.0. The van der Waals surface area contributed by atoms with Gasteiger partial charge in [-0.1, -0.05) is 11.6 Å². The van der Waals surface area contributed by atoms with Crippen molar-refractivity contribution >= 4 is 28.5 Å². The molecule has 0 saturated heterocycles. The van der Waals surface area contributed by atoms with Crippen LogP contribution in [0.25, 0.3) is 22.6 Å². The monoisotopic (exact) mass is 333 g/mol. The van der Waals surface area contributed by atoms with Crippen LogP contribution in [0.4, 0.5) is 0 Å². The maximum atomic E-state index is 12.0. The van der Waals surface area contributed by atoms with Crippen molar-refractivity contribution in [1.82, 2.24) is 14.8 Å². The van der Waals surface area contributed by atoms with Gasteiger partial charge in [-0.05, 0) is 55.5 Å². The number of aromatic nitrogens is 3. The van der Waals surface area contributed by atoms with Gasteiger partial charge < -0.3 is 5.11 Å². The van der Waals surface area contributed by atoms with Crippen molar-refractivity contribution < 1.29 is 9.90 Å². The minimum absolute atomic E-state index is 0.403. The normalized spacial score (nSPS) is 15.5. The highest BCUT2D eigenvalue weighted by molar-refractivity contribution is 6.06. The minimum Gasteiger partial charge on any atom is -0.478 e. The molecule has 126 valence electrons. The Bertz CT molecular complexity index is 1030. The zero-order valence-electron chi connectivity index (χ0n) is 14.3. The van der Waals surface area contributed by atoms with E-state index in [1.165, 1.54) is 0 Å². The summed E-state index contributed by atoms with van der Waals surface area (Å²) < 4.78 is 1.76. The number of pyridine rings is 1. The van der Waals surface area contributed by atoms with E-state index in [4.69, 9.17) is 4.98 Å². The lowest BCUT2D eigenvalue weighted by Gasteiger charge is -2.21. The van der Waals surface area contributed by atoms with Crippen LogP contribution in [0.1, 0.15) is 45.6 Å². The van der Waals surface area contributed by atoms with Crippen molar-refractivity contribution in [3.05, 3.63) is 58.5 Å². The number of benzene rings is 1. The Morgan fingerprint density at radius 3 is 2.88 bits per heavy atom. The van der Waals surface area contributed by atoms with Crippen LogP contribution in [0.5, 0.6) is 0 Å². The Morgan fingerprint density at radius 1 is 1.32 bits per heavy atom. The molecule has 5 heteroatoms. The van der Waals surface area contributed by atoms with E-state index in [-0.39, 0.29) is 0 Å². The van der Waals surface area contributed by atoms with Crippen LogP contribution >= 0.6 is 0 Å². The number of carboxylic acid groups (broad SMARTS) is 1. The van der Waals surface area contributed by atoms with Crippen molar-refractivity contribution in [3.63, 3.8) is 0 Å². The summed E-state index contributed by atoms with van der Waals surface area (Å²) in [5.41, 5.74) is 5.95. The lowest BCUT2D eigenvalue weighted by molar-refractivity contribution is 0.0697. The van der Waals surface area contributed by atoms with Gasteiger partial charge in [0.05, 0.1) is 23.0 Å². The molecule has 2 heterocycles. The average molecular weight is 333 g/mol.